The number of hydrogen-bond donors (Lipinski definition) is 2. The summed E-state index contributed by atoms with van der Waals surface area (Å²) in [4.78, 5) is 8.26. The van der Waals surface area contributed by atoms with Crippen LogP contribution in [-0.2, 0) is 16.0 Å². The van der Waals surface area contributed by atoms with Gasteiger partial charge in [-0.3, -0.25) is 4.99 Å². The monoisotopic (exact) mass is 438 g/mol. The van der Waals surface area contributed by atoms with Crippen LogP contribution >= 0.6 is 24.0 Å². The molecule has 1 aromatic rings. The van der Waals surface area contributed by atoms with Gasteiger partial charge in [-0.15, -0.1) is 24.0 Å². The van der Waals surface area contributed by atoms with Gasteiger partial charge in [-0.05, 0) is 18.1 Å². The summed E-state index contributed by atoms with van der Waals surface area (Å²) in [7, 11) is 5.02. The standard InChI is InChI=1S/C15H26N4O3.HI/c1-16-15(18-6-4-8-22-10-9-20-2)19-12-13-5-7-17-14(11-13)21-3;/h5,7,11H,4,6,8-10,12H2,1-3H3,(H2,16,18,19);1H. The van der Waals surface area contributed by atoms with Gasteiger partial charge in [0.25, 0.3) is 0 Å². The Bertz CT molecular complexity index is 446. The number of aromatic nitrogens is 1. The van der Waals surface area contributed by atoms with E-state index >= 15 is 0 Å². The molecule has 0 unspecified atom stereocenters. The normalized spacial score (nSPS) is 10.8. The van der Waals surface area contributed by atoms with Crippen molar-refractivity contribution in [2.24, 2.45) is 4.99 Å². The van der Waals surface area contributed by atoms with E-state index in [0.717, 1.165) is 24.5 Å². The van der Waals surface area contributed by atoms with Crippen molar-refractivity contribution < 1.29 is 14.2 Å². The van der Waals surface area contributed by atoms with E-state index in [-0.39, 0.29) is 24.0 Å². The molecule has 23 heavy (non-hydrogen) atoms. The summed E-state index contributed by atoms with van der Waals surface area (Å²) in [5.41, 5.74) is 1.08. The maximum Gasteiger partial charge on any atom is 0.213 e. The fourth-order valence-corrected chi connectivity index (χ4v) is 1.70. The lowest BCUT2D eigenvalue weighted by Crippen LogP contribution is -2.37. The van der Waals surface area contributed by atoms with Gasteiger partial charge in [0.05, 0.1) is 20.3 Å². The quantitative estimate of drug-likeness (QED) is 0.249. The van der Waals surface area contributed by atoms with Crippen LogP contribution < -0.4 is 15.4 Å². The van der Waals surface area contributed by atoms with Gasteiger partial charge in [0.1, 0.15) is 0 Å². The fourth-order valence-electron chi connectivity index (χ4n) is 1.70. The van der Waals surface area contributed by atoms with Crippen LogP contribution in [0.15, 0.2) is 23.3 Å². The Balaban J connectivity index is 0.00000484. The SMILES string of the molecule is CN=C(NCCCOCCOC)NCc1ccnc(OC)c1.I. The second kappa shape index (κ2) is 14.5. The van der Waals surface area contributed by atoms with Crippen molar-refractivity contribution in [1.82, 2.24) is 15.6 Å². The maximum atomic E-state index is 5.40. The highest BCUT2D eigenvalue weighted by molar-refractivity contribution is 14.0. The van der Waals surface area contributed by atoms with Crippen LogP contribution in [0.3, 0.4) is 0 Å². The van der Waals surface area contributed by atoms with E-state index in [1.54, 1.807) is 27.5 Å². The highest BCUT2D eigenvalue weighted by Gasteiger charge is 2.00. The molecule has 0 aliphatic carbocycles. The number of guanidine groups is 1. The average Bonchev–Trinajstić information content (AvgIpc) is 2.57. The molecule has 0 atom stereocenters. The van der Waals surface area contributed by atoms with E-state index in [0.29, 0.717) is 32.2 Å². The molecule has 0 spiro atoms. The fraction of sp³-hybridized carbons (Fsp3) is 0.600. The van der Waals surface area contributed by atoms with E-state index in [1.165, 1.54) is 0 Å². The smallest absolute Gasteiger partial charge is 0.213 e. The highest BCUT2D eigenvalue weighted by atomic mass is 127. The van der Waals surface area contributed by atoms with E-state index in [2.05, 4.69) is 20.6 Å². The number of pyridine rings is 1. The zero-order valence-corrected chi connectivity index (χ0v) is 16.3. The zero-order chi connectivity index (χ0) is 16.0. The van der Waals surface area contributed by atoms with Crippen molar-refractivity contribution in [2.45, 2.75) is 13.0 Å². The first kappa shape index (κ1) is 21.9. The topological polar surface area (TPSA) is 77.0 Å². The molecule has 7 nitrogen and oxygen atoms in total. The summed E-state index contributed by atoms with van der Waals surface area (Å²) in [5.74, 6) is 1.36. The van der Waals surface area contributed by atoms with Crippen molar-refractivity contribution >= 4 is 29.9 Å². The molecule has 132 valence electrons. The number of nitrogens with one attached hydrogen (secondary N) is 2. The van der Waals surface area contributed by atoms with Crippen molar-refractivity contribution in [2.75, 3.05) is 47.6 Å². The third kappa shape index (κ3) is 10.3. The highest BCUT2D eigenvalue weighted by Crippen LogP contribution is 2.07. The summed E-state index contributed by atoms with van der Waals surface area (Å²) >= 11 is 0. The number of hydrogen-bond acceptors (Lipinski definition) is 5. The second-order valence-corrected chi connectivity index (χ2v) is 4.52. The summed E-state index contributed by atoms with van der Waals surface area (Å²) in [6.07, 6.45) is 2.64. The van der Waals surface area contributed by atoms with Crippen LogP contribution in [-0.4, -0.2) is 58.6 Å². The third-order valence-corrected chi connectivity index (χ3v) is 2.88. The number of methoxy groups -OCH3 is 2. The van der Waals surface area contributed by atoms with Crippen LogP contribution in [0.4, 0.5) is 0 Å². The Morgan fingerprint density at radius 1 is 1.22 bits per heavy atom. The number of aliphatic imine (C=N–C) groups is 1. The molecule has 2 N–H and O–H groups in total. The molecule has 0 saturated carbocycles. The predicted octanol–water partition coefficient (Wildman–Crippen LogP) is 1.43. The molecular formula is C15H27IN4O3. The first-order valence-corrected chi connectivity index (χ1v) is 7.30. The molecule has 0 aromatic carbocycles. The van der Waals surface area contributed by atoms with E-state index in [1.807, 2.05) is 12.1 Å². The minimum atomic E-state index is 0. The van der Waals surface area contributed by atoms with Crippen molar-refractivity contribution in [3.63, 3.8) is 0 Å². The molecular weight excluding hydrogens is 411 g/mol. The lowest BCUT2D eigenvalue weighted by Gasteiger charge is -2.12. The van der Waals surface area contributed by atoms with Gasteiger partial charge in [-0.25, -0.2) is 4.98 Å². The Kier molecular flexibility index (Phi) is 13.8. The molecule has 0 radical (unpaired) electrons. The molecule has 8 heteroatoms. The van der Waals surface area contributed by atoms with Gasteiger partial charge < -0.3 is 24.8 Å². The van der Waals surface area contributed by atoms with Gasteiger partial charge in [-0.2, -0.15) is 0 Å². The Morgan fingerprint density at radius 3 is 2.74 bits per heavy atom. The molecule has 0 fully saturated rings. The number of rotatable bonds is 10. The maximum absolute atomic E-state index is 5.40. The van der Waals surface area contributed by atoms with Crippen LogP contribution in [0.2, 0.25) is 0 Å². The third-order valence-electron chi connectivity index (χ3n) is 2.88. The summed E-state index contributed by atoms with van der Waals surface area (Å²) in [5, 5.41) is 6.48. The minimum absolute atomic E-state index is 0. The molecule has 1 heterocycles. The van der Waals surface area contributed by atoms with E-state index in [9.17, 15) is 0 Å². The van der Waals surface area contributed by atoms with Crippen LogP contribution in [0.5, 0.6) is 5.88 Å². The van der Waals surface area contributed by atoms with Gasteiger partial charge in [0, 0.05) is 46.1 Å². The summed E-state index contributed by atoms with van der Waals surface area (Å²) < 4.78 is 15.4. The second-order valence-electron chi connectivity index (χ2n) is 4.52. The van der Waals surface area contributed by atoms with Gasteiger partial charge in [-0.1, -0.05) is 0 Å². The van der Waals surface area contributed by atoms with Crippen molar-refractivity contribution in [3.8, 4) is 5.88 Å². The van der Waals surface area contributed by atoms with Crippen LogP contribution in [0.1, 0.15) is 12.0 Å². The molecule has 0 amide bonds. The average molecular weight is 438 g/mol. The van der Waals surface area contributed by atoms with Crippen molar-refractivity contribution in [1.29, 1.82) is 0 Å². The van der Waals surface area contributed by atoms with E-state index < -0.39 is 0 Å². The molecule has 1 rings (SSSR count). The Hall–Kier alpha value is -1.13. The number of nitrogens with zero attached hydrogens (tertiary/aromatic N) is 2. The largest absolute Gasteiger partial charge is 0.481 e. The molecule has 1 aromatic heterocycles. The zero-order valence-electron chi connectivity index (χ0n) is 14.0. The lowest BCUT2D eigenvalue weighted by molar-refractivity contribution is 0.0698. The summed E-state index contributed by atoms with van der Waals surface area (Å²) in [6, 6.07) is 3.83. The van der Waals surface area contributed by atoms with Gasteiger partial charge in [0.15, 0.2) is 5.96 Å². The van der Waals surface area contributed by atoms with Crippen LogP contribution in [0.25, 0.3) is 0 Å². The van der Waals surface area contributed by atoms with Crippen molar-refractivity contribution in [3.05, 3.63) is 23.9 Å². The predicted molar refractivity (Wildman–Crippen MR) is 102 cm³/mol. The molecule has 0 saturated heterocycles. The first-order chi connectivity index (χ1) is 10.8. The molecule has 0 aliphatic rings. The number of ether oxygens (including phenoxy) is 3. The van der Waals surface area contributed by atoms with Crippen LogP contribution in [0, 0.1) is 0 Å². The minimum Gasteiger partial charge on any atom is -0.481 e. The molecule has 0 aliphatic heterocycles. The van der Waals surface area contributed by atoms with Gasteiger partial charge in [0.2, 0.25) is 5.88 Å². The summed E-state index contributed by atoms with van der Waals surface area (Å²) in [6.45, 7) is 3.42. The first-order valence-electron chi connectivity index (χ1n) is 7.30. The Labute approximate surface area is 155 Å². The molecule has 0 bridgehead atoms. The van der Waals surface area contributed by atoms with E-state index in [4.69, 9.17) is 14.2 Å². The van der Waals surface area contributed by atoms with Gasteiger partial charge >= 0.3 is 0 Å². The lowest BCUT2D eigenvalue weighted by atomic mass is 10.2. The Morgan fingerprint density at radius 2 is 2.04 bits per heavy atom. The number of halogens is 1.